The van der Waals surface area contributed by atoms with Crippen LogP contribution in [0, 0.1) is 0 Å². The fourth-order valence-corrected chi connectivity index (χ4v) is 2.53. The van der Waals surface area contributed by atoms with Gasteiger partial charge in [0.15, 0.2) is 0 Å². The molecule has 2 rings (SSSR count). The Morgan fingerprint density at radius 3 is 2.47 bits per heavy atom. The summed E-state index contributed by atoms with van der Waals surface area (Å²) >= 11 is 12.3. The fourth-order valence-electron chi connectivity index (χ4n) is 2.01. The van der Waals surface area contributed by atoms with Gasteiger partial charge in [-0.15, -0.1) is 0 Å². The van der Waals surface area contributed by atoms with Gasteiger partial charge >= 0.3 is 0 Å². The van der Waals surface area contributed by atoms with E-state index in [1.165, 1.54) is 0 Å². The Morgan fingerprint density at radius 1 is 1.11 bits per heavy atom. The number of hydrogen-bond donors (Lipinski definition) is 1. The first-order valence-corrected chi connectivity index (χ1v) is 6.78. The van der Waals surface area contributed by atoms with Crippen molar-refractivity contribution in [3.8, 4) is 0 Å². The zero-order valence-corrected chi connectivity index (χ0v) is 12.4. The van der Waals surface area contributed by atoms with Gasteiger partial charge < -0.3 is 10.6 Å². The van der Waals surface area contributed by atoms with Crippen LogP contribution in [0.1, 0.15) is 18.5 Å². The van der Waals surface area contributed by atoms with Gasteiger partial charge in [-0.25, -0.2) is 0 Å². The Hall–Kier alpha value is -1.38. The molecule has 0 saturated heterocycles. The van der Waals surface area contributed by atoms with Crippen LogP contribution in [0.25, 0.3) is 0 Å². The molecule has 0 radical (unpaired) electrons. The summed E-state index contributed by atoms with van der Waals surface area (Å²) in [6.07, 6.45) is 0. The molecule has 0 aliphatic rings. The topological polar surface area (TPSA) is 29.3 Å². The smallest absolute Gasteiger partial charge is 0.0660 e. The number of halogens is 2. The minimum atomic E-state index is 0.167. The second-order valence-corrected chi connectivity index (χ2v) is 5.40. The number of rotatable bonds is 3. The van der Waals surface area contributed by atoms with Crippen molar-refractivity contribution in [2.24, 2.45) is 0 Å². The Morgan fingerprint density at radius 2 is 1.84 bits per heavy atom. The van der Waals surface area contributed by atoms with Crippen molar-refractivity contribution in [1.82, 2.24) is 0 Å². The molecule has 2 aromatic rings. The van der Waals surface area contributed by atoms with Crippen LogP contribution in [-0.2, 0) is 0 Å². The van der Waals surface area contributed by atoms with Crippen LogP contribution in [0.5, 0.6) is 0 Å². The molecule has 0 spiro atoms. The van der Waals surface area contributed by atoms with E-state index >= 15 is 0 Å². The van der Waals surface area contributed by atoms with E-state index in [-0.39, 0.29) is 6.04 Å². The number of anilines is 2. The summed E-state index contributed by atoms with van der Waals surface area (Å²) in [5.74, 6) is 0. The molecular weight excluding hydrogens is 279 g/mol. The second kappa shape index (κ2) is 5.72. The van der Waals surface area contributed by atoms with E-state index in [0.717, 1.165) is 16.3 Å². The zero-order chi connectivity index (χ0) is 14.0. The highest BCUT2D eigenvalue weighted by Gasteiger charge is 2.15. The predicted octanol–water partition coefficient (Wildman–Crippen LogP) is 4.77. The summed E-state index contributed by atoms with van der Waals surface area (Å²) in [6, 6.07) is 13.5. The van der Waals surface area contributed by atoms with E-state index < -0.39 is 0 Å². The molecule has 0 heterocycles. The van der Waals surface area contributed by atoms with Crippen LogP contribution in [0.4, 0.5) is 11.4 Å². The van der Waals surface area contributed by atoms with E-state index in [0.29, 0.717) is 10.7 Å². The molecule has 0 aliphatic carbocycles. The average molecular weight is 295 g/mol. The van der Waals surface area contributed by atoms with Gasteiger partial charge in [-0.2, -0.15) is 0 Å². The summed E-state index contributed by atoms with van der Waals surface area (Å²) in [5, 5.41) is 1.39. The molecular formula is C15H16Cl2N2. The molecule has 1 unspecified atom stereocenters. The van der Waals surface area contributed by atoms with Crippen molar-refractivity contribution in [2.75, 3.05) is 17.7 Å². The number of hydrogen-bond acceptors (Lipinski definition) is 2. The van der Waals surface area contributed by atoms with Gasteiger partial charge in [-0.05, 0) is 42.8 Å². The highest BCUT2D eigenvalue weighted by atomic mass is 35.5. The monoisotopic (exact) mass is 294 g/mol. The molecule has 0 amide bonds. The second-order valence-electron chi connectivity index (χ2n) is 4.55. The molecule has 0 saturated carbocycles. The van der Waals surface area contributed by atoms with Crippen molar-refractivity contribution >= 4 is 34.6 Å². The van der Waals surface area contributed by atoms with Gasteiger partial charge in [-0.1, -0.05) is 35.3 Å². The van der Waals surface area contributed by atoms with Gasteiger partial charge in [0.1, 0.15) is 0 Å². The zero-order valence-electron chi connectivity index (χ0n) is 10.9. The third-order valence-corrected chi connectivity index (χ3v) is 3.80. The molecule has 19 heavy (non-hydrogen) atoms. The molecule has 1 atom stereocenters. The first-order chi connectivity index (χ1) is 8.99. The third kappa shape index (κ3) is 3.14. The average Bonchev–Trinajstić information content (AvgIpc) is 2.37. The summed E-state index contributed by atoms with van der Waals surface area (Å²) in [6.45, 7) is 2.11. The van der Waals surface area contributed by atoms with E-state index in [9.17, 15) is 0 Å². The normalized spacial score (nSPS) is 12.2. The largest absolute Gasteiger partial charge is 0.399 e. The van der Waals surface area contributed by atoms with Crippen LogP contribution in [0.15, 0.2) is 42.5 Å². The van der Waals surface area contributed by atoms with Crippen LogP contribution in [0.3, 0.4) is 0 Å². The molecule has 100 valence electrons. The minimum Gasteiger partial charge on any atom is -0.399 e. The maximum Gasteiger partial charge on any atom is 0.0660 e. The van der Waals surface area contributed by atoms with Crippen molar-refractivity contribution in [3.63, 3.8) is 0 Å². The highest BCUT2D eigenvalue weighted by Crippen LogP contribution is 2.33. The van der Waals surface area contributed by atoms with Crippen molar-refractivity contribution < 1.29 is 0 Å². The van der Waals surface area contributed by atoms with Crippen LogP contribution in [0.2, 0.25) is 10.0 Å². The summed E-state index contributed by atoms with van der Waals surface area (Å²) in [7, 11) is 2.00. The Kier molecular flexibility index (Phi) is 4.23. The van der Waals surface area contributed by atoms with Crippen LogP contribution >= 0.6 is 23.2 Å². The Balaban J connectivity index is 2.30. The maximum atomic E-state index is 6.24. The fraction of sp³-hybridized carbons (Fsp3) is 0.200. The standard InChI is InChI=1S/C15H16Cl2N2/c1-10(11-4-3-5-12(16)8-11)19(2)15-7-6-13(18)9-14(15)17/h3-10H,18H2,1-2H3. The van der Waals surface area contributed by atoms with Gasteiger partial charge in [0, 0.05) is 17.8 Å². The molecule has 2 aromatic carbocycles. The van der Waals surface area contributed by atoms with Crippen molar-refractivity contribution in [1.29, 1.82) is 0 Å². The quantitative estimate of drug-likeness (QED) is 0.826. The molecule has 2 nitrogen and oxygen atoms in total. The summed E-state index contributed by atoms with van der Waals surface area (Å²) in [4.78, 5) is 2.10. The van der Waals surface area contributed by atoms with E-state index in [2.05, 4.69) is 17.9 Å². The number of nitrogens with two attached hydrogens (primary N) is 1. The SMILES string of the molecule is CC(c1cccc(Cl)c1)N(C)c1ccc(N)cc1Cl. The molecule has 0 fully saturated rings. The minimum absolute atomic E-state index is 0.167. The number of benzene rings is 2. The van der Waals surface area contributed by atoms with E-state index in [4.69, 9.17) is 28.9 Å². The number of nitrogen functional groups attached to an aromatic ring is 1. The first kappa shape index (κ1) is 14.0. The van der Waals surface area contributed by atoms with Crippen LogP contribution < -0.4 is 10.6 Å². The molecule has 0 aromatic heterocycles. The maximum absolute atomic E-state index is 6.24. The van der Waals surface area contributed by atoms with Crippen molar-refractivity contribution in [2.45, 2.75) is 13.0 Å². The van der Waals surface area contributed by atoms with Gasteiger partial charge in [0.05, 0.1) is 16.8 Å². The lowest BCUT2D eigenvalue weighted by atomic mass is 10.1. The summed E-state index contributed by atoms with van der Waals surface area (Å²) < 4.78 is 0. The van der Waals surface area contributed by atoms with E-state index in [1.807, 2.05) is 37.4 Å². The van der Waals surface area contributed by atoms with Crippen LogP contribution in [-0.4, -0.2) is 7.05 Å². The Bertz CT molecular complexity index is 584. The highest BCUT2D eigenvalue weighted by molar-refractivity contribution is 6.33. The molecule has 0 aliphatic heterocycles. The third-order valence-electron chi connectivity index (χ3n) is 3.26. The van der Waals surface area contributed by atoms with Gasteiger partial charge in [-0.3, -0.25) is 0 Å². The first-order valence-electron chi connectivity index (χ1n) is 6.02. The van der Waals surface area contributed by atoms with Gasteiger partial charge in [0.25, 0.3) is 0 Å². The Labute approximate surface area is 123 Å². The molecule has 0 bridgehead atoms. The molecule has 2 N–H and O–H groups in total. The lowest BCUT2D eigenvalue weighted by Crippen LogP contribution is -2.21. The number of nitrogens with zero attached hydrogens (tertiary/aromatic N) is 1. The van der Waals surface area contributed by atoms with E-state index in [1.54, 1.807) is 6.07 Å². The summed E-state index contributed by atoms with van der Waals surface area (Å²) in [5.41, 5.74) is 8.47. The lowest BCUT2D eigenvalue weighted by molar-refractivity contribution is 0.740. The lowest BCUT2D eigenvalue weighted by Gasteiger charge is -2.28. The molecule has 4 heteroatoms. The van der Waals surface area contributed by atoms with Gasteiger partial charge in [0.2, 0.25) is 0 Å². The predicted molar refractivity (Wildman–Crippen MR) is 84.1 cm³/mol. The van der Waals surface area contributed by atoms with Crippen molar-refractivity contribution in [3.05, 3.63) is 58.1 Å².